The smallest absolute Gasteiger partial charge is 0.291 e. The van der Waals surface area contributed by atoms with Crippen LogP contribution in [0.25, 0.3) is 33.7 Å². The molecule has 0 saturated carbocycles. The van der Waals surface area contributed by atoms with E-state index in [0.717, 1.165) is 5.56 Å². The molecule has 0 unspecified atom stereocenters. The number of benzene rings is 1. The van der Waals surface area contributed by atoms with E-state index in [1.54, 1.807) is 54.9 Å². The highest BCUT2D eigenvalue weighted by Gasteiger charge is 2.13. The maximum Gasteiger partial charge on any atom is 0.291 e. The standard InChI is InChI=1S/C20H10Cl2N4O2S/c21-12-3-5-15(22)14(8-12)16-6-4-13(28-16)9-17-19(27)26-20(29-17)24-18(25-26)11-2-1-7-23-10-11/h1-10H. The zero-order valence-electron chi connectivity index (χ0n) is 14.5. The van der Waals surface area contributed by atoms with E-state index in [-0.39, 0.29) is 5.56 Å². The highest BCUT2D eigenvalue weighted by Crippen LogP contribution is 2.31. The molecule has 142 valence electrons. The quantitative estimate of drug-likeness (QED) is 0.417. The first kappa shape index (κ1) is 18.1. The number of hydrogen-bond donors (Lipinski definition) is 0. The van der Waals surface area contributed by atoms with Crippen molar-refractivity contribution >= 4 is 45.6 Å². The van der Waals surface area contributed by atoms with Crippen LogP contribution in [0.5, 0.6) is 0 Å². The molecule has 0 aliphatic carbocycles. The van der Waals surface area contributed by atoms with E-state index in [1.165, 1.54) is 15.9 Å². The van der Waals surface area contributed by atoms with Crippen molar-refractivity contribution in [2.45, 2.75) is 0 Å². The lowest BCUT2D eigenvalue weighted by Crippen LogP contribution is -2.23. The molecule has 29 heavy (non-hydrogen) atoms. The molecule has 0 aliphatic heterocycles. The second-order valence-electron chi connectivity index (χ2n) is 6.11. The molecular formula is C20H10Cl2N4O2S. The summed E-state index contributed by atoms with van der Waals surface area (Å²) in [6.07, 6.45) is 4.99. The Labute approximate surface area is 177 Å². The summed E-state index contributed by atoms with van der Waals surface area (Å²) in [6.45, 7) is 0. The van der Waals surface area contributed by atoms with Crippen molar-refractivity contribution in [1.82, 2.24) is 19.6 Å². The summed E-state index contributed by atoms with van der Waals surface area (Å²) in [5.41, 5.74) is 1.18. The largest absolute Gasteiger partial charge is 0.457 e. The van der Waals surface area contributed by atoms with Gasteiger partial charge in [0.2, 0.25) is 4.96 Å². The number of thiazole rings is 1. The van der Waals surface area contributed by atoms with E-state index < -0.39 is 0 Å². The minimum absolute atomic E-state index is 0.258. The van der Waals surface area contributed by atoms with Gasteiger partial charge in [0.15, 0.2) is 5.82 Å². The molecule has 9 heteroatoms. The third-order valence-electron chi connectivity index (χ3n) is 4.20. The predicted octanol–water partition coefficient (Wildman–Crippen LogP) is 4.33. The van der Waals surface area contributed by atoms with Crippen LogP contribution in [0.2, 0.25) is 10.0 Å². The second kappa shape index (κ2) is 7.11. The van der Waals surface area contributed by atoms with Gasteiger partial charge in [-0.2, -0.15) is 9.50 Å². The Morgan fingerprint density at radius 1 is 1.14 bits per heavy atom. The van der Waals surface area contributed by atoms with Crippen LogP contribution in [0.1, 0.15) is 5.76 Å². The van der Waals surface area contributed by atoms with Gasteiger partial charge in [0.1, 0.15) is 16.1 Å². The number of aromatic nitrogens is 4. The topological polar surface area (TPSA) is 73.3 Å². The predicted molar refractivity (Wildman–Crippen MR) is 113 cm³/mol. The number of nitrogens with zero attached hydrogens (tertiary/aromatic N) is 4. The Kier molecular flexibility index (Phi) is 4.43. The van der Waals surface area contributed by atoms with Crippen molar-refractivity contribution in [3.63, 3.8) is 0 Å². The summed E-state index contributed by atoms with van der Waals surface area (Å²) in [5, 5.41) is 5.39. The van der Waals surface area contributed by atoms with E-state index in [4.69, 9.17) is 27.6 Å². The molecule has 5 aromatic rings. The fraction of sp³-hybridized carbons (Fsp3) is 0. The number of hydrogen-bond acceptors (Lipinski definition) is 6. The first-order valence-corrected chi connectivity index (χ1v) is 10.0. The van der Waals surface area contributed by atoms with Gasteiger partial charge in [0, 0.05) is 34.6 Å². The van der Waals surface area contributed by atoms with Gasteiger partial charge in [0.05, 0.1) is 5.02 Å². The summed E-state index contributed by atoms with van der Waals surface area (Å²) in [4.78, 5) is 21.7. The summed E-state index contributed by atoms with van der Waals surface area (Å²) in [6, 6.07) is 12.3. The van der Waals surface area contributed by atoms with Gasteiger partial charge in [-0.25, -0.2) is 0 Å². The van der Waals surface area contributed by atoms with Gasteiger partial charge in [-0.05, 0) is 42.5 Å². The third-order valence-corrected chi connectivity index (χ3v) is 5.72. The van der Waals surface area contributed by atoms with E-state index in [0.29, 0.717) is 42.4 Å². The van der Waals surface area contributed by atoms with Crippen molar-refractivity contribution in [2.75, 3.05) is 0 Å². The lowest BCUT2D eigenvalue weighted by Gasteiger charge is -2.00. The Bertz CT molecular complexity index is 1460. The number of halogens is 2. The number of pyridine rings is 1. The fourth-order valence-electron chi connectivity index (χ4n) is 2.84. The van der Waals surface area contributed by atoms with E-state index >= 15 is 0 Å². The maximum atomic E-state index is 12.7. The fourth-order valence-corrected chi connectivity index (χ4v) is 4.11. The molecule has 0 fully saturated rings. The van der Waals surface area contributed by atoms with Crippen LogP contribution in [0.4, 0.5) is 0 Å². The monoisotopic (exact) mass is 440 g/mol. The molecule has 0 N–H and O–H groups in total. The van der Waals surface area contributed by atoms with Crippen LogP contribution >= 0.6 is 34.5 Å². The molecular weight excluding hydrogens is 431 g/mol. The van der Waals surface area contributed by atoms with Crippen LogP contribution in [0.3, 0.4) is 0 Å². The normalized spacial score (nSPS) is 12.1. The molecule has 6 nitrogen and oxygen atoms in total. The average Bonchev–Trinajstić information content (AvgIpc) is 3.42. The number of fused-ring (bicyclic) bond motifs is 1. The summed E-state index contributed by atoms with van der Waals surface area (Å²) in [7, 11) is 0. The summed E-state index contributed by atoms with van der Waals surface area (Å²) in [5.74, 6) is 1.54. The van der Waals surface area contributed by atoms with Crippen LogP contribution in [-0.2, 0) is 0 Å². The highest BCUT2D eigenvalue weighted by atomic mass is 35.5. The minimum atomic E-state index is -0.258. The van der Waals surface area contributed by atoms with Gasteiger partial charge in [-0.1, -0.05) is 34.5 Å². The Balaban J connectivity index is 1.54. The van der Waals surface area contributed by atoms with Crippen molar-refractivity contribution in [3.8, 4) is 22.7 Å². The molecule has 0 amide bonds. The SMILES string of the molecule is O=c1c(=Cc2ccc(-c3cc(Cl)ccc3Cl)o2)sc2nc(-c3cccnc3)nn12. The van der Waals surface area contributed by atoms with Crippen molar-refractivity contribution in [3.05, 3.63) is 85.5 Å². The lowest BCUT2D eigenvalue weighted by molar-refractivity contribution is 0.571. The van der Waals surface area contributed by atoms with Crippen LogP contribution < -0.4 is 10.1 Å². The second-order valence-corrected chi connectivity index (χ2v) is 7.97. The van der Waals surface area contributed by atoms with Crippen LogP contribution in [0.15, 0.2) is 64.1 Å². The molecule has 1 aromatic carbocycles. The first-order valence-electron chi connectivity index (χ1n) is 8.45. The van der Waals surface area contributed by atoms with E-state index in [2.05, 4.69) is 15.1 Å². The van der Waals surface area contributed by atoms with E-state index in [1.807, 2.05) is 6.07 Å². The average molecular weight is 441 g/mol. The Hall–Kier alpha value is -3.00. The molecule has 0 spiro atoms. The van der Waals surface area contributed by atoms with Crippen LogP contribution in [-0.4, -0.2) is 19.6 Å². The van der Waals surface area contributed by atoms with Crippen molar-refractivity contribution in [2.24, 2.45) is 0 Å². The molecule has 4 aromatic heterocycles. The molecule has 0 bridgehead atoms. The maximum absolute atomic E-state index is 12.7. The molecule has 4 heterocycles. The van der Waals surface area contributed by atoms with Gasteiger partial charge >= 0.3 is 0 Å². The Morgan fingerprint density at radius 3 is 2.83 bits per heavy atom. The first-order chi connectivity index (χ1) is 14.1. The zero-order valence-corrected chi connectivity index (χ0v) is 16.9. The summed E-state index contributed by atoms with van der Waals surface area (Å²) >= 11 is 13.5. The van der Waals surface area contributed by atoms with Crippen molar-refractivity contribution < 1.29 is 4.42 Å². The third kappa shape index (κ3) is 3.33. The van der Waals surface area contributed by atoms with Crippen LogP contribution in [0, 0.1) is 0 Å². The number of furan rings is 1. The lowest BCUT2D eigenvalue weighted by atomic mass is 10.2. The van der Waals surface area contributed by atoms with Gasteiger partial charge < -0.3 is 4.42 Å². The van der Waals surface area contributed by atoms with E-state index in [9.17, 15) is 4.79 Å². The number of rotatable bonds is 3. The molecule has 0 saturated heterocycles. The minimum Gasteiger partial charge on any atom is -0.457 e. The molecule has 5 rings (SSSR count). The molecule has 0 radical (unpaired) electrons. The highest BCUT2D eigenvalue weighted by molar-refractivity contribution is 7.15. The van der Waals surface area contributed by atoms with Gasteiger partial charge in [-0.15, -0.1) is 5.10 Å². The zero-order chi connectivity index (χ0) is 20.0. The molecule has 0 aliphatic rings. The Morgan fingerprint density at radius 2 is 2.03 bits per heavy atom. The van der Waals surface area contributed by atoms with Gasteiger partial charge in [0.25, 0.3) is 5.56 Å². The molecule has 0 atom stereocenters. The van der Waals surface area contributed by atoms with Gasteiger partial charge in [-0.3, -0.25) is 9.78 Å². The van der Waals surface area contributed by atoms with Crippen molar-refractivity contribution in [1.29, 1.82) is 0 Å². The summed E-state index contributed by atoms with van der Waals surface area (Å²) < 4.78 is 7.60.